The van der Waals surface area contributed by atoms with E-state index in [1.807, 2.05) is 20.8 Å². The summed E-state index contributed by atoms with van der Waals surface area (Å²) >= 11 is 1.22. The van der Waals surface area contributed by atoms with Crippen LogP contribution in [0.5, 0.6) is 0 Å². The molecule has 2 aromatic heterocycles. The number of carbonyl (C=O) groups is 2. The van der Waals surface area contributed by atoms with Gasteiger partial charge in [0.15, 0.2) is 6.61 Å². The Morgan fingerprint density at radius 2 is 2.04 bits per heavy atom. The topological polar surface area (TPSA) is 73.2 Å². The van der Waals surface area contributed by atoms with Gasteiger partial charge in [-0.05, 0) is 50.6 Å². The van der Waals surface area contributed by atoms with E-state index < -0.39 is 5.97 Å². The number of ether oxygens (including phenoxy) is 1. The molecule has 2 heterocycles. The largest absolute Gasteiger partial charge is 0.451 e. The molecule has 6 nitrogen and oxygen atoms in total. The Balaban J connectivity index is 1.78. The maximum atomic E-state index is 13.2. The summed E-state index contributed by atoms with van der Waals surface area (Å²) < 4.78 is 19.9. The second-order valence-electron chi connectivity index (χ2n) is 6.26. The lowest BCUT2D eigenvalue weighted by molar-refractivity contribution is -0.124. The fourth-order valence-corrected chi connectivity index (χ4v) is 3.60. The first-order valence-electron chi connectivity index (χ1n) is 8.60. The molecule has 0 spiro atoms. The quantitative estimate of drug-likeness (QED) is 0.654. The number of benzene rings is 1. The third-order valence-electron chi connectivity index (χ3n) is 4.17. The van der Waals surface area contributed by atoms with E-state index in [-0.39, 0.29) is 24.4 Å². The van der Waals surface area contributed by atoms with Gasteiger partial charge in [0, 0.05) is 11.4 Å². The molecule has 0 fully saturated rings. The first-order chi connectivity index (χ1) is 12.9. The summed E-state index contributed by atoms with van der Waals surface area (Å²) in [7, 11) is 0. The van der Waals surface area contributed by atoms with Crippen molar-refractivity contribution in [3.05, 3.63) is 46.7 Å². The van der Waals surface area contributed by atoms with Gasteiger partial charge in [0.05, 0.1) is 11.4 Å². The van der Waals surface area contributed by atoms with E-state index in [0.717, 1.165) is 22.3 Å². The first kappa shape index (κ1) is 19.0. The zero-order chi connectivity index (χ0) is 19.6. The number of thiophene rings is 1. The minimum atomic E-state index is -0.555. The molecule has 0 bridgehead atoms. The van der Waals surface area contributed by atoms with Crippen LogP contribution in [0, 0.1) is 12.7 Å². The predicted octanol–water partition coefficient (Wildman–Crippen LogP) is 3.61. The van der Waals surface area contributed by atoms with E-state index >= 15 is 0 Å². The lowest BCUT2D eigenvalue weighted by Gasteiger charge is -2.11. The zero-order valence-corrected chi connectivity index (χ0v) is 16.1. The van der Waals surface area contributed by atoms with Crippen molar-refractivity contribution in [1.29, 1.82) is 0 Å². The van der Waals surface area contributed by atoms with Crippen LogP contribution in [0.2, 0.25) is 0 Å². The molecule has 3 aromatic rings. The third kappa shape index (κ3) is 4.16. The van der Waals surface area contributed by atoms with Gasteiger partial charge in [0.1, 0.15) is 15.5 Å². The molecule has 0 saturated carbocycles. The molecule has 27 heavy (non-hydrogen) atoms. The average molecular weight is 389 g/mol. The standard InChI is InChI=1S/C19H20FN3O3S/c1-4-11(2)21-17(24)10-26-19(25)16-9-15-12(3)22-23(18(15)27-16)14-7-5-13(20)6-8-14/h5-9,11H,4,10H2,1-3H3,(H,21,24)/t11-/m0/s1. The van der Waals surface area contributed by atoms with Gasteiger partial charge in [-0.1, -0.05) is 6.92 Å². The van der Waals surface area contributed by atoms with Crippen LogP contribution in [0.4, 0.5) is 4.39 Å². The number of amides is 1. The Kier molecular flexibility index (Phi) is 5.55. The van der Waals surface area contributed by atoms with E-state index in [4.69, 9.17) is 4.74 Å². The molecule has 0 aliphatic heterocycles. The number of esters is 1. The fourth-order valence-electron chi connectivity index (χ4n) is 2.53. The molecule has 1 atom stereocenters. The summed E-state index contributed by atoms with van der Waals surface area (Å²) in [5.74, 6) is -1.21. The molecule has 1 N–H and O–H groups in total. The predicted molar refractivity (Wildman–Crippen MR) is 102 cm³/mol. The van der Waals surface area contributed by atoms with Crippen LogP contribution in [0.25, 0.3) is 15.9 Å². The third-order valence-corrected chi connectivity index (χ3v) is 5.26. The Bertz CT molecular complexity index is 978. The number of rotatable bonds is 6. The summed E-state index contributed by atoms with van der Waals surface area (Å²) in [5.41, 5.74) is 1.45. The Morgan fingerprint density at radius 1 is 1.33 bits per heavy atom. The maximum absolute atomic E-state index is 13.2. The maximum Gasteiger partial charge on any atom is 0.348 e. The minimum Gasteiger partial charge on any atom is -0.451 e. The van der Waals surface area contributed by atoms with E-state index in [2.05, 4.69) is 10.4 Å². The summed E-state index contributed by atoms with van der Waals surface area (Å²) in [6.07, 6.45) is 0.801. The van der Waals surface area contributed by atoms with Crippen molar-refractivity contribution in [1.82, 2.24) is 15.1 Å². The van der Waals surface area contributed by atoms with Gasteiger partial charge in [-0.15, -0.1) is 11.3 Å². The molecule has 0 aliphatic rings. The summed E-state index contributed by atoms with van der Waals surface area (Å²) in [5, 5.41) is 8.02. The van der Waals surface area contributed by atoms with Crippen LogP contribution < -0.4 is 5.32 Å². The highest BCUT2D eigenvalue weighted by molar-refractivity contribution is 7.20. The lowest BCUT2D eigenvalue weighted by atomic mass is 10.2. The number of aromatic nitrogens is 2. The number of hydrogen-bond acceptors (Lipinski definition) is 5. The zero-order valence-electron chi connectivity index (χ0n) is 15.3. The number of aryl methyl sites for hydroxylation is 1. The van der Waals surface area contributed by atoms with E-state index in [0.29, 0.717) is 10.6 Å². The fraction of sp³-hybridized carbons (Fsp3) is 0.316. The van der Waals surface area contributed by atoms with Crippen LogP contribution in [-0.4, -0.2) is 34.3 Å². The molecule has 142 valence electrons. The summed E-state index contributed by atoms with van der Waals surface area (Å²) in [4.78, 5) is 25.2. The second kappa shape index (κ2) is 7.87. The monoisotopic (exact) mass is 389 g/mol. The van der Waals surface area contributed by atoms with Gasteiger partial charge >= 0.3 is 5.97 Å². The van der Waals surface area contributed by atoms with Crippen LogP contribution >= 0.6 is 11.3 Å². The van der Waals surface area contributed by atoms with Crippen molar-refractivity contribution in [3.63, 3.8) is 0 Å². The van der Waals surface area contributed by atoms with Gasteiger partial charge in [0.25, 0.3) is 5.91 Å². The lowest BCUT2D eigenvalue weighted by Crippen LogP contribution is -2.35. The van der Waals surface area contributed by atoms with Crippen molar-refractivity contribution in [2.75, 3.05) is 6.61 Å². The number of carbonyl (C=O) groups excluding carboxylic acids is 2. The number of fused-ring (bicyclic) bond motifs is 1. The van der Waals surface area contributed by atoms with Crippen LogP contribution in [0.1, 0.15) is 35.6 Å². The highest BCUT2D eigenvalue weighted by Crippen LogP contribution is 2.30. The number of nitrogens with zero attached hydrogens (tertiary/aromatic N) is 2. The molecule has 0 saturated heterocycles. The molecule has 8 heteroatoms. The van der Waals surface area contributed by atoms with Crippen LogP contribution in [0.15, 0.2) is 30.3 Å². The Labute approximate surface area is 159 Å². The summed E-state index contributed by atoms with van der Waals surface area (Å²) in [6.45, 7) is 5.36. The minimum absolute atomic E-state index is 0.0323. The second-order valence-corrected chi connectivity index (χ2v) is 7.29. The van der Waals surface area contributed by atoms with Crippen molar-refractivity contribution in [2.45, 2.75) is 33.2 Å². The SMILES string of the molecule is CC[C@H](C)NC(=O)COC(=O)c1cc2c(C)nn(-c3ccc(F)cc3)c2s1. The van der Waals surface area contributed by atoms with Gasteiger partial charge in [-0.3, -0.25) is 4.79 Å². The molecule has 0 unspecified atom stereocenters. The van der Waals surface area contributed by atoms with Gasteiger partial charge in [-0.25, -0.2) is 13.9 Å². The molecular formula is C19H20FN3O3S. The highest BCUT2D eigenvalue weighted by atomic mass is 32.1. The van der Waals surface area contributed by atoms with Crippen LogP contribution in [-0.2, 0) is 9.53 Å². The number of nitrogens with one attached hydrogen (secondary N) is 1. The molecule has 1 aromatic carbocycles. The molecule has 1 amide bonds. The van der Waals surface area contributed by atoms with Gasteiger partial charge in [0.2, 0.25) is 0 Å². The highest BCUT2D eigenvalue weighted by Gasteiger charge is 2.19. The van der Waals surface area contributed by atoms with Gasteiger partial charge in [-0.2, -0.15) is 5.10 Å². The smallest absolute Gasteiger partial charge is 0.348 e. The molecular weight excluding hydrogens is 369 g/mol. The number of hydrogen-bond donors (Lipinski definition) is 1. The van der Waals surface area contributed by atoms with Crippen molar-refractivity contribution < 1.29 is 18.7 Å². The van der Waals surface area contributed by atoms with Crippen molar-refractivity contribution >= 4 is 33.4 Å². The van der Waals surface area contributed by atoms with E-state index in [1.54, 1.807) is 22.9 Å². The number of halogens is 1. The van der Waals surface area contributed by atoms with Crippen LogP contribution in [0.3, 0.4) is 0 Å². The van der Waals surface area contributed by atoms with Crippen molar-refractivity contribution in [2.24, 2.45) is 0 Å². The molecule has 0 radical (unpaired) electrons. The average Bonchev–Trinajstić information content (AvgIpc) is 3.21. The molecule has 0 aliphatic carbocycles. The van der Waals surface area contributed by atoms with Gasteiger partial charge < -0.3 is 10.1 Å². The Morgan fingerprint density at radius 3 is 2.70 bits per heavy atom. The van der Waals surface area contributed by atoms with E-state index in [9.17, 15) is 14.0 Å². The summed E-state index contributed by atoms with van der Waals surface area (Å²) in [6, 6.07) is 7.70. The Hall–Kier alpha value is -2.74. The van der Waals surface area contributed by atoms with Crippen molar-refractivity contribution in [3.8, 4) is 5.69 Å². The van der Waals surface area contributed by atoms with E-state index in [1.165, 1.54) is 23.5 Å². The first-order valence-corrected chi connectivity index (χ1v) is 9.42. The normalized spacial score (nSPS) is 12.1. The molecule has 3 rings (SSSR count).